The lowest BCUT2D eigenvalue weighted by atomic mass is 10.2. The molecule has 0 saturated heterocycles. The first-order valence-electron chi connectivity index (χ1n) is 7.38. The summed E-state index contributed by atoms with van der Waals surface area (Å²) in [6.07, 6.45) is 3.27. The number of benzene rings is 1. The third-order valence-electron chi connectivity index (χ3n) is 3.22. The molecule has 8 heteroatoms. The van der Waals surface area contributed by atoms with E-state index >= 15 is 0 Å². The Balaban J connectivity index is 1.93. The SMILES string of the molecule is O=C(O)CNc1nc(Nc2ccc(F)cc2)cc(-c2ccncc2)n1. The van der Waals surface area contributed by atoms with E-state index < -0.39 is 5.97 Å². The van der Waals surface area contributed by atoms with E-state index in [4.69, 9.17) is 5.11 Å². The number of carboxylic acids is 1. The molecule has 3 N–H and O–H groups in total. The summed E-state index contributed by atoms with van der Waals surface area (Å²) in [6, 6.07) is 11.1. The zero-order chi connectivity index (χ0) is 17.6. The van der Waals surface area contributed by atoms with Gasteiger partial charge < -0.3 is 15.7 Å². The third kappa shape index (κ3) is 4.47. The number of aliphatic carboxylic acids is 1. The number of halogens is 1. The van der Waals surface area contributed by atoms with Crippen LogP contribution in [0.3, 0.4) is 0 Å². The van der Waals surface area contributed by atoms with Gasteiger partial charge in [0, 0.05) is 29.7 Å². The molecule has 2 aromatic heterocycles. The molecule has 0 spiro atoms. The zero-order valence-electron chi connectivity index (χ0n) is 13.0. The molecule has 1 aromatic carbocycles. The highest BCUT2D eigenvalue weighted by Gasteiger charge is 2.08. The molecule has 0 aliphatic carbocycles. The van der Waals surface area contributed by atoms with Crippen LogP contribution in [0.4, 0.5) is 21.8 Å². The van der Waals surface area contributed by atoms with E-state index in [2.05, 4.69) is 25.6 Å². The molecule has 0 atom stereocenters. The summed E-state index contributed by atoms with van der Waals surface area (Å²) < 4.78 is 13.0. The number of anilines is 3. The summed E-state index contributed by atoms with van der Waals surface area (Å²) in [5.41, 5.74) is 2.04. The van der Waals surface area contributed by atoms with E-state index in [1.807, 2.05) is 0 Å². The monoisotopic (exact) mass is 339 g/mol. The van der Waals surface area contributed by atoms with Crippen LogP contribution < -0.4 is 10.6 Å². The molecule has 0 fully saturated rings. The van der Waals surface area contributed by atoms with E-state index in [0.29, 0.717) is 17.2 Å². The molecule has 7 nitrogen and oxygen atoms in total. The molecular formula is C17H14FN5O2. The first-order valence-corrected chi connectivity index (χ1v) is 7.38. The van der Waals surface area contributed by atoms with Crippen molar-refractivity contribution in [1.29, 1.82) is 0 Å². The average Bonchev–Trinajstić information content (AvgIpc) is 2.62. The van der Waals surface area contributed by atoms with Crippen molar-refractivity contribution in [3.8, 4) is 11.3 Å². The Labute approximate surface area is 142 Å². The molecular weight excluding hydrogens is 325 g/mol. The molecule has 2 heterocycles. The third-order valence-corrected chi connectivity index (χ3v) is 3.22. The van der Waals surface area contributed by atoms with Crippen LogP contribution in [0.5, 0.6) is 0 Å². The van der Waals surface area contributed by atoms with Crippen LogP contribution in [0, 0.1) is 5.82 Å². The Morgan fingerprint density at radius 2 is 1.80 bits per heavy atom. The van der Waals surface area contributed by atoms with Gasteiger partial charge in [-0.3, -0.25) is 9.78 Å². The Kier molecular flexibility index (Phi) is 4.79. The number of hydrogen-bond acceptors (Lipinski definition) is 6. The van der Waals surface area contributed by atoms with Gasteiger partial charge in [-0.1, -0.05) is 0 Å². The average molecular weight is 339 g/mol. The van der Waals surface area contributed by atoms with Crippen LogP contribution in [0.25, 0.3) is 11.3 Å². The molecule has 0 aliphatic rings. The summed E-state index contributed by atoms with van der Waals surface area (Å²) in [5, 5.41) is 14.5. The van der Waals surface area contributed by atoms with Crippen LogP contribution in [-0.2, 0) is 4.79 Å². The number of hydrogen-bond donors (Lipinski definition) is 3. The van der Waals surface area contributed by atoms with Gasteiger partial charge in [0.05, 0.1) is 5.69 Å². The highest BCUT2D eigenvalue weighted by Crippen LogP contribution is 2.23. The van der Waals surface area contributed by atoms with Crippen molar-refractivity contribution in [1.82, 2.24) is 15.0 Å². The minimum absolute atomic E-state index is 0.168. The molecule has 0 bridgehead atoms. The maximum absolute atomic E-state index is 13.0. The molecule has 0 amide bonds. The van der Waals surface area contributed by atoms with Crippen molar-refractivity contribution < 1.29 is 14.3 Å². The van der Waals surface area contributed by atoms with Crippen molar-refractivity contribution in [3.63, 3.8) is 0 Å². The number of carbonyl (C=O) groups is 1. The van der Waals surface area contributed by atoms with Gasteiger partial charge in [0.15, 0.2) is 0 Å². The van der Waals surface area contributed by atoms with E-state index in [-0.39, 0.29) is 18.3 Å². The first kappa shape index (κ1) is 16.3. The molecule has 3 aromatic rings. The second-order valence-electron chi connectivity index (χ2n) is 5.08. The topological polar surface area (TPSA) is 100 Å². The van der Waals surface area contributed by atoms with E-state index in [9.17, 15) is 9.18 Å². The van der Waals surface area contributed by atoms with Crippen LogP contribution in [-0.4, -0.2) is 32.6 Å². The molecule has 0 radical (unpaired) electrons. The lowest BCUT2D eigenvalue weighted by Gasteiger charge is -2.11. The first-order chi connectivity index (χ1) is 12.1. The van der Waals surface area contributed by atoms with Gasteiger partial charge in [-0.2, -0.15) is 4.98 Å². The minimum Gasteiger partial charge on any atom is -0.480 e. The summed E-state index contributed by atoms with van der Waals surface area (Å²) >= 11 is 0. The van der Waals surface area contributed by atoms with Gasteiger partial charge in [0.1, 0.15) is 18.2 Å². The predicted molar refractivity (Wildman–Crippen MR) is 91.1 cm³/mol. The van der Waals surface area contributed by atoms with Crippen LogP contribution in [0.1, 0.15) is 0 Å². The van der Waals surface area contributed by atoms with E-state index in [1.165, 1.54) is 12.1 Å². The van der Waals surface area contributed by atoms with Crippen LogP contribution >= 0.6 is 0 Å². The Morgan fingerprint density at radius 3 is 2.48 bits per heavy atom. The largest absolute Gasteiger partial charge is 0.480 e. The van der Waals surface area contributed by atoms with Gasteiger partial charge >= 0.3 is 5.97 Å². The fraction of sp³-hybridized carbons (Fsp3) is 0.0588. The second-order valence-corrected chi connectivity index (χ2v) is 5.08. The van der Waals surface area contributed by atoms with Gasteiger partial charge in [-0.15, -0.1) is 0 Å². The van der Waals surface area contributed by atoms with Gasteiger partial charge in [0.2, 0.25) is 5.95 Å². The second kappa shape index (κ2) is 7.35. The smallest absolute Gasteiger partial charge is 0.322 e. The number of carboxylic acid groups (broad SMARTS) is 1. The Morgan fingerprint density at radius 1 is 1.08 bits per heavy atom. The number of pyridine rings is 1. The maximum Gasteiger partial charge on any atom is 0.322 e. The van der Waals surface area contributed by atoms with Gasteiger partial charge in [-0.05, 0) is 36.4 Å². The molecule has 126 valence electrons. The van der Waals surface area contributed by atoms with Crippen molar-refractivity contribution in [2.75, 3.05) is 17.2 Å². The number of aromatic nitrogens is 3. The summed E-state index contributed by atoms with van der Waals surface area (Å²) in [5.74, 6) is -0.747. The quantitative estimate of drug-likeness (QED) is 0.635. The predicted octanol–water partition coefficient (Wildman–Crippen LogP) is 2.92. The number of rotatable bonds is 6. The normalized spacial score (nSPS) is 10.3. The van der Waals surface area contributed by atoms with Crippen molar-refractivity contribution in [2.24, 2.45) is 0 Å². The lowest BCUT2D eigenvalue weighted by molar-refractivity contribution is -0.134. The Hall–Kier alpha value is -3.55. The maximum atomic E-state index is 13.0. The van der Waals surface area contributed by atoms with Crippen LogP contribution in [0.15, 0.2) is 54.9 Å². The van der Waals surface area contributed by atoms with E-state index in [1.54, 1.807) is 42.7 Å². The van der Waals surface area contributed by atoms with E-state index in [0.717, 1.165) is 5.56 Å². The highest BCUT2D eigenvalue weighted by atomic mass is 19.1. The number of nitrogens with zero attached hydrogens (tertiary/aromatic N) is 3. The fourth-order valence-electron chi connectivity index (χ4n) is 2.10. The van der Waals surface area contributed by atoms with Gasteiger partial charge in [-0.25, -0.2) is 9.37 Å². The minimum atomic E-state index is -1.02. The summed E-state index contributed by atoms with van der Waals surface area (Å²) in [6.45, 7) is -0.310. The van der Waals surface area contributed by atoms with Crippen molar-refractivity contribution in [3.05, 3.63) is 60.7 Å². The number of nitrogens with one attached hydrogen (secondary N) is 2. The van der Waals surface area contributed by atoms with Crippen LogP contribution in [0.2, 0.25) is 0 Å². The summed E-state index contributed by atoms with van der Waals surface area (Å²) in [7, 11) is 0. The fourth-order valence-corrected chi connectivity index (χ4v) is 2.10. The molecule has 25 heavy (non-hydrogen) atoms. The molecule has 3 rings (SSSR count). The molecule has 0 aliphatic heterocycles. The Bertz CT molecular complexity index is 872. The van der Waals surface area contributed by atoms with Crippen molar-refractivity contribution in [2.45, 2.75) is 0 Å². The molecule has 0 saturated carbocycles. The summed E-state index contributed by atoms with van der Waals surface area (Å²) in [4.78, 5) is 23.3. The molecule has 0 unspecified atom stereocenters. The zero-order valence-corrected chi connectivity index (χ0v) is 13.0. The highest BCUT2D eigenvalue weighted by molar-refractivity contribution is 5.73. The lowest BCUT2D eigenvalue weighted by Crippen LogP contribution is -2.15. The van der Waals surface area contributed by atoms with Crippen molar-refractivity contribution >= 4 is 23.4 Å². The standard InChI is InChI=1S/C17H14FN5O2/c18-12-1-3-13(4-2-12)21-15-9-14(11-5-7-19-8-6-11)22-17(23-15)20-10-16(24)25/h1-9H,10H2,(H,24,25)(H2,20,21,22,23). The van der Waals surface area contributed by atoms with Gasteiger partial charge in [0.25, 0.3) is 0 Å².